The Morgan fingerprint density at radius 2 is 2.03 bits per heavy atom. The summed E-state index contributed by atoms with van der Waals surface area (Å²) in [6.45, 7) is 2.43. The fraction of sp³-hybridized carbons (Fsp3) is 0.111. The Balaban J connectivity index is 1.47. The van der Waals surface area contributed by atoms with Crippen LogP contribution in [0.3, 0.4) is 0 Å². The van der Waals surface area contributed by atoms with Crippen molar-refractivity contribution in [2.45, 2.75) is 13.0 Å². The zero-order valence-corrected chi connectivity index (χ0v) is 19.9. The number of furan rings is 1. The maximum atomic E-state index is 13.7. The van der Waals surface area contributed by atoms with E-state index in [1.54, 1.807) is 42.7 Å². The lowest BCUT2D eigenvalue weighted by Crippen LogP contribution is -2.31. The number of aliphatic hydroxyl groups excluding tert-OH is 1. The number of aromatic nitrogens is 2. The average Bonchev–Trinajstić information content (AvgIpc) is 3.58. The molecule has 1 aliphatic rings. The largest absolute Gasteiger partial charge is 0.503 e. The van der Waals surface area contributed by atoms with Crippen molar-refractivity contribution in [1.29, 1.82) is 0 Å². The zero-order chi connectivity index (χ0) is 24.8. The summed E-state index contributed by atoms with van der Waals surface area (Å²) in [5, 5.41) is 12.1. The van der Waals surface area contributed by atoms with E-state index in [1.165, 1.54) is 16.2 Å². The Hall–Kier alpha value is -4.50. The molecule has 0 bridgehead atoms. The number of nitrogens with zero attached hydrogens (tertiary/aromatic N) is 3. The highest BCUT2D eigenvalue weighted by atomic mass is 32.1. The quantitative estimate of drug-likeness (QED) is 0.304. The number of para-hydroxylation sites is 1. The van der Waals surface area contributed by atoms with E-state index in [-0.39, 0.29) is 11.3 Å². The standard InChI is InChI=1S/C27H19N3O5S/c1-2-34-17-9-10-18-21(13-17)36-27(29-18)30-23(16-7-5-11-28-14-16)22(25(32)26(30)33)24(31)20-12-15-6-3-4-8-19(15)35-20/h3-14,23,32H,2H2,1H3. The molecule has 5 aromatic rings. The van der Waals surface area contributed by atoms with Gasteiger partial charge in [-0.1, -0.05) is 35.6 Å². The highest BCUT2D eigenvalue weighted by Crippen LogP contribution is 2.44. The molecule has 1 aliphatic heterocycles. The SMILES string of the molecule is CCOc1ccc2nc(N3C(=O)C(O)=C(C(=O)c4cc5ccccc5o4)C3c3cccnc3)sc2c1. The number of anilines is 1. The molecule has 0 saturated carbocycles. The first kappa shape index (κ1) is 22.0. The third kappa shape index (κ3) is 3.52. The smallest absolute Gasteiger partial charge is 0.296 e. The van der Waals surface area contributed by atoms with E-state index < -0.39 is 23.5 Å². The lowest BCUT2D eigenvalue weighted by molar-refractivity contribution is -0.117. The van der Waals surface area contributed by atoms with Gasteiger partial charge in [-0.2, -0.15) is 0 Å². The van der Waals surface area contributed by atoms with Crippen LogP contribution >= 0.6 is 11.3 Å². The van der Waals surface area contributed by atoms with Crippen molar-refractivity contribution in [2.75, 3.05) is 11.5 Å². The predicted molar refractivity (Wildman–Crippen MR) is 135 cm³/mol. The molecule has 0 aliphatic carbocycles. The number of ether oxygens (including phenoxy) is 1. The van der Waals surface area contributed by atoms with Crippen LogP contribution in [-0.2, 0) is 4.79 Å². The van der Waals surface area contributed by atoms with Crippen molar-refractivity contribution in [2.24, 2.45) is 0 Å². The lowest BCUT2D eigenvalue weighted by atomic mass is 9.96. The van der Waals surface area contributed by atoms with Gasteiger partial charge in [-0.05, 0) is 48.9 Å². The second-order valence-electron chi connectivity index (χ2n) is 8.16. The predicted octanol–water partition coefficient (Wildman–Crippen LogP) is 5.62. The van der Waals surface area contributed by atoms with Gasteiger partial charge in [0.1, 0.15) is 11.3 Å². The molecule has 178 valence electrons. The molecule has 1 unspecified atom stereocenters. The van der Waals surface area contributed by atoms with Gasteiger partial charge in [0.2, 0.25) is 5.78 Å². The fourth-order valence-corrected chi connectivity index (χ4v) is 5.39. The number of aliphatic hydroxyl groups is 1. The van der Waals surface area contributed by atoms with E-state index >= 15 is 0 Å². The topological polar surface area (TPSA) is 106 Å². The van der Waals surface area contributed by atoms with Crippen molar-refractivity contribution < 1.29 is 23.8 Å². The van der Waals surface area contributed by atoms with Crippen molar-refractivity contribution in [3.05, 3.63) is 95.7 Å². The van der Waals surface area contributed by atoms with Crippen LogP contribution in [0.2, 0.25) is 0 Å². The summed E-state index contributed by atoms with van der Waals surface area (Å²) in [5.74, 6) is -1.20. The maximum Gasteiger partial charge on any atom is 0.296 e. The van der Waals surface area contributed by atoms with Gasteiger partial charge in [-0.25, -0.2) is 4.98 Å². The molecular weight excluding hydrogens is 478 g/mol. The van der Waals surface area contributed by atoms with Gasteiger partial charge in [0.15, 0.2) is 16.7 Å². The van der Waals surface area contributed by atoms with Gasteiger partial charge in [0.05, 0.1) is 28.4 Å². The third-order valence-electron chi connectivity index (χ3n) is 5.97. The van der Waals surface area contributed by atoms with Crippen LogP contribution in [0.1, 0.15) is 29.1 Å². The second-order valence-corrected chi connectivity index (χ2v) is 9.17. The summed E-state index contributed by atoms with van der Waals surface area (Å²) in [6, 6.07) is 16.8. The Bertz CT molecular complexity index is 1640. The highest BCUT2D eigenvalue weighted by Gasteiger charge is 2.46. The molecule has 9 heteroatoms. The Labute approximate surface area is 209 Å². The number of thiazole rings is 1. The van der Waals surface area contributed by atoms with Crippen LogP contribution in [0, 0.1) is 0 Å². The molecule has 0 radical (unpaired) electrons. The van der Waals surface area contributed by atoms with Crippen molar-refractivity contribution in [1.82, 2.24) is 9.97 Å². The zero-order valence-electron chi connectivity index (χ0n) is 19.0. The molecule has 1 atom stereocenters. The summed E-state index contributed by atoms with van der Waals surface area (Å²) in [4.78, 5) is 37.2. The monoisotopic (exact) mass is 497 g/mol. The third-order valence-corrected chi connectivity index (χ3v) is 6.99. The normalized spacial score (nSPS) is 15.9. The average molecular weight is 498 g/mol. The van der Waals surface area contributed by atoms with E-state index in [1.807, 2.05) is 37.3 Å². The Kier molecular flexibility index (Phi) is 5.26. The number of pyridine rings is 1. The van der Waals surface area contributed by atoms with Crippen LogP contribution in [-0.4, -0.2) is 33.4 Å². The van der Waals surface area contributed by atoms with E-state index in [2.05, 4.69) is 9.97 Å². The van der Waals surface area contributed by atoms with Crippen LogP contribution in [0.5, 0.6) is 5.75 Å². The minimum absolute atomic E-state index is 0.0342. The van der Waals surface area contributed by atoms with Gasteiger partial charge in [0, 0.05) is 17.8 Å². The summed E-state index contributed by atoms with van der Waals surface area (Å²) in [6.07, 6.45) is 3.16. The molecule has 3 aromatic heterocycles. The van der Waals surface area contributed by atoms with Crippen LogP contribution < -0.4 is 9.64 Å². The molecule has 2 aromatic carbocycles. The van der Waals surface area contributed by atoms with Crippen LogP contribution in [0.15, 0.2) is 88.8 Å². The van der Waals surface area contributed by atoms with Gasteiger partial charge >= 0.3 is 0 Å². The van der Waals surface area contributed by atoms with Crippen molar-refractivity contribution in [3.63, 3.8) is 0 Å². The molecule has 36 heavy (non-hydrogen) atoms. The number of carbonyl (C=O) groups is 2. The summed E-state index contributed by atoms with van der Waals surface area (Å²) >= 11 is 1.27. The number of hydrogen-bond donors (Lipinski definition) is 1. The van der Waals surface area contributed by atoms with Crippen LogP contribution in [0.4, 0.5) is 5.13 Å². The summed E-state index contributed by atoms with van der Waals surface area (Å²) in [7, 11) is 0. The molecule has 8 nitrogen and oxygen atoms in total. The number of ketones is 1. The van der Waals surface area contributed by atoms with Gasteiger partial charge < -0.3 is 14.3 Å². The first-order valence-corrected chi connectivity index (χ1v) is 12.1. The number of rotatable bonds is 6. The summed E-state index contributed by atoms with van der Waals surface area (Å²) in [5.41, 5.74) is 1.69. The molecule has 1 amide bonds. The molecule has 1 N–H and O–H groups in total. The van der Waals surface area contributed by atoms with Crippen molar-refractivity contribution >= 4 is 49.3 Å². The number of carbonyl (C=O) groups excluding carboxylic acids is 2. The van der Waals surface area contributed by atoms with Gasteiger partial charge in [-0.15, -0.1) is 0 Å². The highest BCUT2D eigenvalue weighted by molar-refractivity contribution is 7.22. The first-order chi connectivity index (χ1) is 17.5. The van der Waals surface area contributed by atoms with E-state index in [0.29, 0.717) is 34.2 Å². The number of benzene rings is 2. The second kappa shape index (κ2) is 8.62. The van der Waals surface area contributed by atoms with Gasteiger partial charge in [-0.3, -0.25) is 19.5 Å². The van der Waals surface area contributed by atoms with Crippen LogP contribution in [0.25, 0.3) is 21.2 Å². The molecule has 4 heterocycles. The number of amides is 1. The van der Waals surface area contributed by atoms with E-state index in [4.69, 9.17) is 9.15 Å². The van der Waals surface area contributed by atoms with Gasteiger partial charge in [0.25, 0.3) is 5.91 Å². The molecular formula is C27H19N3O5S. The Morgan fingerprint density at radius 3 is 2.81 bits per heavy atom. The van der Waals surface area contributed by atoms with E-state index in [0.717, 1.165) is 10.1 Å². The Morgan fingerprint density at radius 1 is 1.17 bits per heavy atom. The minimum atomic E-state index is -0.932. The molecule has 6 rings (SSSR count). The maximum absolute atomic E-state index is 13.7. The first-order valence-electron chi connectivity index (χ1n) is 11.3. The summed E-state index contributed by atoms with van der Waals surface area (Å²) < 4.78 is 12.2. The molecule has 0 spiro atoms. The molecule has 0 fully saturated rings. The molecule has 0 saturated heterocycles. The minimum Gasteiger partial charge on any atom is -0.503 e. The number of Topliss-reactive ketones (excluding diaryl/α,β-unsaturated/α-hetero) is 1. The fourth-order valence-electron chi connectivity index (χ4n) is 4.37. The number of fused-ring (bicyclic) bond motifs is 2. The lowest BCUT2D eigenvalue weighted by Gasteiger charge is -2.23. The number of hydrogen-bond acceptors (Lipinski definition) is 8. The van der Waals surface area contributed by atoms with E-state index in [9.17, 15) is 14.7 Å². The van der Waals surface area contributed by atoms with Crippen molar-refractivity contribution in [3.8, 4) is 5.75 Å².